The predicted octanol–water partition coefficient (Wildman–Crippen LogP) is 2.07. The zero-order valence-electron chi connectivity index (χ0n) is 12.4. The Morgan fingerprint density at radius 1 is 1.29 bits per heavy atom. The first-order valence-corrected chi connectivity index (χ1v) is 7.80. The third-order valence-corrected chi connectivity index (χ3v) is 4.92. The molecule has 0 spiro atoms. The molecule has 110 valence electrons. The van der Waals surface area contributed by atoms with Crippen molar-refractivity contribution in [2.75, 3.05) is 19.6 Å². The average Bonchev–Trinajstić information content (AvgIpc) is 3.02. The molecule has 4 heteroatoms. The smallest absolute Gasteiger partial charge is 0.251 e. The lowest BCUT2D eigenvalue weighted by Gasteiger charge is -2.30. The van der Waals surface area contributed by atoms with Crippen LogP contribution in [0.1, 0.15) is 28.9 Å². The summed E-state index contributed by atoms with van der Waals surface area (Å²) in [5, 5.41) is 3.22. The van der Waals surface area contributed by atoms with Gasteiger partial charge in [0.2, 0.25) is 0 Å². The normalized spacial score (nSPS) is 28.0. The highest BCUT2D eigenvalue weighted by molar-refractivity contribution is 5.95. The molecular formula is C17H21N3O. The fourth-order valence-corrected chi connectivity index (χ4v) is 3.83. The standard InChI is InChI=1S/C17H21N3O/c1-12-2-3-16-9-14(5-7-20(12)16)17(21)18-15-8-13-4-6-19(10-13)11-15/h2-3,5,7,9,13,15H,4,6,8,10-11H2,1H3,(H,18,21)/t13-,15-/m1/s1. The molecule has 2 fully saturated rings. The molecule has 2 aromatic heterocycles. The van der Waals surface area contributed by atoms with E-state index in [1.807, 2.05) is 18.3 Å². The number of hydrogen-bond acceptors (Lipinski definition) is 2. The zero-order valence-corrected chi connectivity index (χ0v) is 12.4. The van der Waals surface area contributed by atoms with E-state index in [2.05, 4.69) is 33.7 Å². The fraction of sp³-hybridized carbons (Fsp3) is 0.471. The molecule has 21 heavy (non-hydrogen) atoms. The number of aromatic nitrogens is 1. The maximum absolute atomic E-state index is 12.5. The van der Waals surface area contributed by atoms with E-state index in [-0.39, 0.29) is 5.91 Å². The molecule has 2 aliphatic rings. The molecule has 2 aromatic rings. The van der Waals surface area contributed by atoms with Crippen molar-refractivity contribution in [3.05, 3.63) is 41.7 Å². The minimum Gasteiger partial charge on any atom is -0.348 e. The van der Waals surface area contributed by atoms with E-state index in [4.69, 9.17) is 0 Å². The van der Waals surface area contributed by atoms with E-state index in [1.165, 1.54) is 25.2 Å². The maximum Gasteiger partial charge on any atom is 0.251 e. The Labute approximate surface area is 124 Å². The number of carbonyl (C=O) groups excluding carboxylic acids is 1. The Bertz CT molecular complexity index is 678. The highest BCUT2D eigenvalue weighted by Gasteiger charge is 2.32. The maximum atomic E-state index is 12.5. The van der Waals surface area contributed by atoms with Crippen LogP contribution in [0.15, 0.2) is 30.5 Å². The van der Waals surface area contributed by atoms with Crippen LogP contribution in [0, 0.1) is 12.8 Å². The lowest BCUT2D eigenvalue weighted by molar-refractivity contribution is 0.0909. The van der Waals surface area contributed by atoms with Gasteiger partial charge in [0.05, 0.1) is 0 Å². The predicted molar refractivity (Wildman–Crippen MR) is 82.6 cm³/mol. The summed E-state index contributed by atoms with van der Waals surface area (Å²) in [6.45, 7) is 5.50. The lowest BCUT2D eigenvalue weighted by atomic mass is 9.96. The van der Waals surface area contributed by atoms with Crippen LogP contribution < -0.4 is 5.32 Å². The van der Waals surface area contributed by atoms with E-state index in [0.29, 0.717) is 6.04 Å². The van der Waals surface area contributed by atoms with Gasteiger partial charge in [0, 0.05) is 42.1 Å². The summed E-state index contributed by atoms with van der Waals surface area (Å²) in [6.07, 6.45) is 4.41. The first-order chi connectivity index (χ1) is 10.2. The highest BCUT2D eigenvalue weighted by Crippen LogP contribution is 2.26. The number of fused-ring (bicyclic) bond motifs is 3. The van der Waals surface area contributed by atoms with Crippen molar-refractivity contribution in [1.29, 1.82) is 0 Å². The first-order valence-electron chi connectivity index (χ1n) is 7.80. The molecule has 1 N–H and O–H groups in total. The second-order valence-electron chi connectivity index (χ2n) is 6.51. The van der Waals surface area contributed by atoms with E-state index in [0.717, 1.165) is 30.0 Å². The summed E-state index contributed by atoms with van der Waals surface area (Å²) >= 11 is 0. The van der Waals surface area contributed by atoms with Gasteiger partial charge in [-0.25, -0.2) is 0 Å². The van der Waals surface area contributed by atoms with Crippen molar-refractivity contribution >= 4 is 11.4 Å². The van der Waals surface area contributed by atoms with E-state index in [1.54, 1.807) is 0 Å². The molecule has 0 saturated carbocycles. The van der Waals surface area contributed by atoms with E-state index in [9.17, 15) is 4.79 Å². The van der Waals surface area contributed by atoms with Crippen LogP contribution in [-0.2, 0) is 0 Å². The molecule has 3 atom stereocenters. The van der Waals surface area contributed by atoms with Crippen molar-refractivity contribution in [2.45, 2.75) is 25.8 Å². The summed E-state index contributed by atoms with van der Waals surface area (Å²) in [4.78, 5) is 14.9. The molecule has 2 saturated heterocycles. The fourth-order valence-electron chi connectivity index (χ4n) is 3.83. The number of rotatable bonds is 2. The molecule has 2 aliphatic heterocycles. The van der Waals surface area contributed by atoms with Crippen LogP contribution in [0.4, 0.5) is 0 Å². The van der Waals surface area contributed by atoms with Crippen LogP contribution in [0.25, 0.3) is 5.52 Å². The Hall–Kier alpha value is -1.81. The number of hydrogen-bond donors (Lipinski definition) is 1. The molecular weight excluding hydrogens is 262 g/mol. The van der Waals surface area contributed by atoms with Gasteiger partial charge in [-0.3, -0.25) is 4.79 Å². The molecule has 4 rings (SSSR count). The monoisotopic (exact) mass is 283 g/mol. The molecule has 0 aliphatic carbocycles. The lowest BCUT2D eigenvalue weighted by Crippen LogP contribution is -2.47. The van der Waals surface area contributed by atoms with Crippen LogP contribution in [0.5, 0.6) is 0 Å². The van der Waals surface area contributed by atoms with Gasteiger partial charge in [-0.2, -0.15) is 0 Å². The van der Waals surface area contributed by atoms with E-state index < -0.39 is 0 Å². The largest absolute Gasteiger partial charge is 0.348 e. The number of aryl methyl sites for hydroxylation is 1. The minimum atomic E-state index is 0.0591. The van der Waals surface area contributed by atoms with Crippen LogP contribution >= 0.6 is 0 Å². The number of pyridine rings is 1. The van der Waals surface area contributed by atoms with Crippen LogP contribution in [0.2, 0.25) is 0 Å². The highest BCUT2D eigenvalue weighted by atomic mass is 16.1. The quantitative estimate of drug-likeness (QED) is 0.916. The topological polar surface area (TPSA) is 36.8 Å². The van der Waals surface area contributed by atoms with Crippen molar-refractivity contribution in [2.24, 2.45) is 5.92 Å². The second-order valence-corrected chi connectivity index (χ2v) is 6.51. The van der Waals surface area contributed by atoms with Crippen molar-refractivity contribution < 1.29 is 4.79 Å². The van der Waals surface area contributed by atoms with Crippen LogP contribution in [0.3, 0.4) is 0 Å². The minimum absolute atomic E-state index is 0.0591. The number of nitrogens with zero attached hydrogens (tertiary/aromatic N) is 2. The van der Waals surface area contributed by atoms with Crippen LogP contribution in [-0.4, -0.2) is 40.9 Å². The van der Waals surface area contributed by atoms with Gasteiger partial charge in [-0.1, -0.05) is 0 Å². The van der Waals surface area contributed by atoms with Gasteiger partial charge < -0.3 is 14.6 Å². The molecule has 0 radical (unpaired) electrons. The van der Waals surface area contributed by atoms with Gasteiger partial charge in [-0.05, 0) is 56.5 Å². The third kappa shape index (κ3) is 2.33. The zero-order chi connectivity index (χ0) is 14.4. The van der Waals surface area contributed by atoms with Crippen molar-refractivity contribution in [1.82, 2.24) is 14.6 Å². The van der Waals surface area contributed by atoms with E-state index >= 15 is 0 Å². The van der Waals surface area contributed by atoms with Crippen molar-refractivity contribution in [3.63, 3.8) is 0 Å². The SMILES string of the molecule is Cc1ccc2cc(C(=O)N[C@@H]3C[C@H]4CCN(C4)C3)ccn12. The molecule has 4 heterocycles. The summed E-state index contributed by atoms with van der Waals surface area (Å²) in [5.41, 5.74) is 3.02. The molecule has 4 nitrogen and oxygen atoms in total. The summed E-state index contributed by atoms with van der Waals surface area (Å²) in [6, 6.07) is 8.32. The average molecular weight is 283 g/mol. The van der Waals surface area contributed by atoms with Gasteiger partial charge in [-0.15, -0.1) is 0 Å². The first kappa shape index (κ1) is 12.9. The molecule has 1 unspecified atom stereocenters. The molecule has 2 bridgehead atoms. The van der Waals surface area contributed by atoms with Gasteiger partial charge in [0.15, 0.2) is 0 Å². The second kappa shape index (κ2) is 4.88. The van der Waals surface area contributed by atoms with Gasteiger partial charge >= 0.3 is 0 Å². The number of amides is 1. The van der Waals surface area contributed by atoms with Gasteiger partial charge in [0.1, 0.15) is 0 Å². The Balaban J connectivity index is 1.50. The third-order valence-electron chi connectivity index (χ3n) is 4.92. The summed E-state index contributed by atoms with van der Waals surface area (Å²) in [7, 11) is 0. The molecule has 1 amide bonds. The van der Waals surface area contributed by atoms with Crippen molar-refractivity contribution in [3.8, 4) is 0 Å². The molecule has 0 aromatic carbocycles. The van der Waals surface area contributed by atoms with Gasteiger partial charge in [0.25, 0.3) is 5.91 Å². The number of nitrogens with one attached hydrogen (secondary N) is 1. The summed E-state index contributed by atoms with van der Waals surface area (Å²) < 4.78 is 2.10. The summed E-state index contributed by atoms with van der Waals surface area (Å²) in [5.74, 6) is 0.837. The Morgan fingerprint density at radius 3 is 3.05 bits per heavy atom. The number of piperidine rings is 1. The number of carbonyl (C=O) groups is 1. The Morgan fingerprint density at radius 2 is 2.19 bits per heavy atom. The Kier molecular flexibility index (Phi) is 3.00.